The van der Waals surface area contributed by atoms with Gasteiger partial charge in [0.15, 0.2) is 5.43 Å². The zero-order valence-electron chi connectivity index (χ0n) is 18.2. The summed E-state index contributed by atoms with van der Waals surface area (Å²) in [6.07, 6.45) is 0.662. The molecule has 5 nitrogen and oxygen atoms in total. The number of fused-ring (bicyclic) bond motifs is 2. The molecule has 1 atom stereocenters. The van der Waals surface area contributed by atoms with Crippen molar-refractivity contribution in [3.8, 4) is 0 Å². The highest BCUT2D eigenvalue weighted by Gasteiger charge is 2.42. The van der Waals surface area contributed by atoms with Crippen LogP contribution in [0.4, 0.5) is 0 Å². The maximum absolute atomic E-state index is 13.5. The Kier molecular flexibility index (Phi) is 5.91. The molecule has 3 aromatic rings. The molecule has 1 unspecified atom stereocenters. The van der Waals surface area contributed by atoms with E-state index in [1.54, 1.807) is 24.1 Å². The molecule has 0 N–H and O–H groups in total. The molecule has 4 rings (SSSR count). The molecule has 2 aromatic carbocycles. The fourth-order valence-corrected chi connectivity index (χ4v) is 4.32. The number of halogens is 1. The van der Waals surface area contributed by atoms with Crippen LogP contribution in [0.2, 0.25) is 5.02 Å². The van der Waals surface area contributed by atoms with Gasteiger partial charge in [-0.2, -0.15) is 0 Å². The summed E-state index contributed by atoms with van der Waals surface area (Å²) in [6.45, 7) is 7.09. The van der Waals surface area contributed by atoms with Crippen molar-refractivity contribution in [1.82, 2.24) is 4.90 Å². The molecule has 1 aliphatic heterocycles. The molecule has 162 valence electrons. The quantitative estimate of drug-likeness (QED) is 0.478. The highest BCUT2D eigenvalue weighted by Crippen LogP contribution is 2.39. The molecular formula is C25H26ClNO4. The van der Waals surface area contributed by atoms with E-state index in [2.05, 4.69) is 26.0 Å². The van der Waals surface area contributed by atoms with Gasteiger partial charge in [-0.15, -0.1) is 0 Å². The van der Waals surface area contributed by atoms with Gasteiger partial charge < -0.3 is 14.1 Å². The van der Waals surface area contributed by atoms with Crippen LogP contribution in [0.1, 0.15) is 65.0 Å². The van der Waals surface area contributed by atoms with Crippen LogP contribution < -0.4 is 5.43 Å². The van der Waals surface area contributed by atoms with Crippen molar-refractivity contribution in [2.24, 2.45) is 0 Å². The third kappa shape index (κ3) is 3.77. The van der Waals surface area contributed by atoms with Gasteiger partial charge in [-0.05, 0) is 48.1 Å². The third-order valence-corrected chi connectivity index (χ3v) is 6.32. The number of amides is 1. The smallest absolute Gasteiger partial charge is 0.290 e. The number of rotatable bonds is 6. The zero-order chi connectivity index (χ0) is 22.3. The lowest BCUT2D eigenvalue weighted by Crippen LogP contribution is -2.31. The molecule has 2 heterocycles. The highest BCUT2D eigenvalue weighted by atomic mass is 35.5. The van der Waals surface area contributed by atoms with Gasteiger partial charge in [-0.1, -0.05) is 49.7 Å². The van der Waals surface area contributed by atoms with Crippen molar-refractivity contribution >= 4 is 28.5 Å². The molecule has 0 radical (unpaired) electrons. The molecule has 1 amide bonds. The van der Waals surface area contributed by atoms with Crippen molar-refractivity contribution < 1.29 is 13.9 Å². The minimum Gasteiger partial charge on any atom is -0.450 e. The van der Waals surface area contributed by atoms with Gasteiger partial charge in [0.05, 0.1) is 17.0 Å². The lowest BCUT2D eigenvalue weighted by Gasteiger charge is -2.25. The number of hydrogen-bond acceptors (Lipinski definition) is 4. The maximum Gasteiger partial charge on any atom is 0.290 e. The first-order valence-corrected chi connectivity index (χ1v) is 10.9. The molecule has 31 heavy (non-hydrogen) atoms. The minimum absolute atomic E-state index is 0.120. The third-order valence-electron chi connectivity index (χ3n) is 5.91. The Bertz CT molecular complexity index is 1200. The van der Waals surface area contributed by atoms with Gasteiger partial charge in [0, 0.05) is 25.3 Å². The summed E-state index contributed by atoms with van der Waals surface area (Å²) in [5.74, 6) is 0.244. The average Bonchev–Trinajstić information content (AvgIpc) is 3.02. The summed E-state index contributed by atoms with van der Waals surface area (Å²) < 4.78 is 11.2. The molecular weight excluding hydrogens is 414 g/mol. The fraction of sp³-hybridized carbons (Fsp3) is 0.360. The van der Waals surface area contributed by atoms with Crippen LogP contribution in [0, 0.1) is 6.92 Å². The van der Waals surface area contributed by atoms with E-state index in [1.807, 2.05) is 19.1 Å². The molecule has 0 bridgehead atoms. The van der Waals surface area contributed by atoms with Gasteiger partial charge in [0.25, 0.3) is 5.91 Å². The van der Waals surface area contributed by atoms with Crippen LogP contribution in [0.25, 0.3) is 11.0 Å². The second kappa shape index (κ2) is 8.48. The van der Waals surface area contributed by atoms with Crippen LogP contribution in [-0.2, 0) is 4.74 Å². The molecule has 0 aliphatic carbocycles. The van der Waals surface area contributed by atoms with E-state index in [0.717, 1.165) is 11.1 Å². The molecule has 0 fully saturated rings. The van der Waals surface area contributed by atoms with Crippen molar-refractivity contribution in [2.45, 2.75) is 39.2 Å². The minimum atomic E-state index is -0.499. The normalized spacial score (nSPS) is 15.9. The zero-order valence-corrected chi connectivity index (χ0v) is 19.0. The molecule has 0 saturated carbocycles. The second-order valence-electron chi connectivity index (χ2n) is 8.34. The van der Waals surface area contributed by atoms with Crippen molar-refractivity contribution in [3.05, 3.63) is 79.7 Å². The molecule has 0 spiro atoms. The summed E-state index contributed by atoms with van der Waals surface area (Å²) in [5, 5.41) is 0.892. The standard InChI is InChI=1S/C25H26ClNO4/c1-14(2)16-6-8-17(9-7-16)22-21-23(28)18-13-19(26)15(3)12-20(18)31-24(21)25(29)27(22)10-5-11-30-4/h6-9,12-14,22H,5,10-11H2,1-4H3. The van der Waals surface area contributed by atoms with Gasteiger partial charge in [0.1, 0.15) is 5.58 Å². The van der Waals surface area contributed by atoms with E-state index in [-0.39, 0.29) is 17.1 Å². The van der Waals surface area contributed by atoms with Gasteiger partial charge in [0.2, 0.25) is 5.76 Å². The lowest BCUT2D eigenvalue weighted by atomic mass is 9.95. The number of aryl methyl sites for hydroxylation is 1. The maximum atomic E-state index is 13.5. The van der Waals surface area contributed by atoms with E-state index in [4.69, 9.17) is 20.8 Å². The van der Waals surface area contributed by atoms with Gasteiger partial charge in [-0.3, -0.25) is 9.59 Å². The number of carbonyl (C=O) groups excluding carboxylic acids is 1. The summed E-state index contributed by atoms with van der Waals surface area (Å²) in [5.41, 5.74) is 3.43. The summed E-state index contributed by atoms with van der Waals surface area (Å²) in [6, 6.07) is 11.0. The number of benzene rings is 2. The molecule has 1 aliphatic rings. The van der Waals surface area contributed by atoms with Crippen LogP contribution in [-0.4, -0.2) is 31.1 Å². The van der Waals surface area contributed by atoms with E-state index in [9.17, 15) is 9.59 Å². The predicted molar refractivity (Wildman–Crippen MR) is 122 cm³/mol. The molecule has 1 aromatic heterocycles. The monoisotopic (exact) mass is 439 g/mol. The SMILES string of the molecule is COCCCN1C(=O)c2oc3cc(C)c(Cl)cc3c(=O)c2C1c1ccc(C(C)C)cc1. The Morgan fingerprint density at radius 1 is 1.16 bits per heavy atom. The van der Waals surface area contributed by atoms with Crippen LogP contribution in [0.5, 0.6) is 0 Å². The highest BCUT2D eigenvalue weighted by molar-refractivity contribution is 6.32. The van der Waals surface area contributed by atoms with Crippen molar-refractivity contribution in [2.75, 3.05) is 20.3 Å². The predicted octanol–water partition coefficient (Wildman–Crippen LogP) is 5.46. The number of nitrogens with zero attached hydrogens (tertiary/aromatic N) is 1. The second-order valence-corrected chi connectivity index (χ2v) is 8.75. The number of hydrogen-bond donors (Lipinski definition) is 0. The Labute approximate surface area is 186 Å². The Hall–Kier alpha value is -2.63. The number of ether oxygens (including phenoxy) is 1. The topological polar surface area (TPSA) is 59.8 Å². The van der Waals surface area contributed by atoms with E-state index >= 15 is 0 Å². The van der Waals surface area contributed by atoms with Crippen molar-refractivity contribution in [1.29, 1.82) is 0 Å². The first-order chi connectivity index (χ1) is 14.8. The largest absolute Gasteiger partial charge is 0.450 e. The number of methoxy groups -OCH3 is 1. The Morgan fingerprint density at radius 3 is 2.52 bits per heavy atom. The fourth-order valence-electron chi connectivity index (χ4n) is 4.16. The molecule has 0 saturated heterocycles. The van der Waals surface area contributed by atoms with Crippen LogP contribution >= 0.6 is 11.6 Å². The first kappa shape index (κ1) is 21.6. The van der Waals surface area contributed by atoms with E-state index in [1.165, 1.54) is 5.56 Å². The molecule has 6 heteroatoms. The van der Waals surface area contributed by atoms with Crippen molar-refractivity contribution in [3.63, 3.8) is 0 Å². The van der Waals surface area contributed by atoms with Gasteiger partial charge >= 0.3 is 0 Å². The Balaban J connectivity index is 1.90. The van der Waals surface area contributed by atoms with Crippen LogP contribution in [0.15, 0.2) is 45.6 Å². The van der Waals surface area contributed by atoms with Crippen LogP contribution in [0.3, 0.4) is 0 Å². The first-order valence-electron chi connectivity index (χ1n) is 10.5. The summed E-state index contributed by atoms with van der Waals surface area (Å²) in [4.78, 5) is 28.6. The summed E-state index contributed by atoms with van der Waals surface area (Å²) in [7, 11) is 1.63. The lowest BCUT2D eigenvalue weighted by molar-refractivity contribution is 0.0708. The van der Waals surface area contributed by atoms with E-state index < -0.39 is 6.04 Å². The summed E-state index contributed by atoms with van der Waals surface area (Å²) >= 11 is 6.28. The number of carbonyl (C=O) groups is 1. The average molecular weight is 440 g/mol. The van der Waals surface area contributed by atoms with E-state index in [0.29, 0.717) is 47.0 Å². The van der Waals surface area contributed by atoms with Gasteiger partial charge in [-0.25, -0.2) is 0 Å². The Morgan fingerprint density at radius 2 is 1.87 bits per heavy atom.